The Morgan fingerprint density at radius 3 is 1.89 bits per heavy atom. The van der Waals surface area contributed by atoms with Crippen LogP contribution in [0.3, 0.4) is 0 Å². The van der Waals surface area contributed by atoms with Gasteiger partial charge in [0, 0.05) is 26.8 Å². The minimum Gasteiger partial charge on any atom is -0.480 e. The molecule has 0 bridgehead atoms. The van der Waals surface area contributed by atoms with Crippen molar-refractivity contribution in [2.24, 2.45) is 17.2 Å². The van der Waals surface area contributed by atoms with Gasteiger partial charge in [0.15, 0.2) is 12.6 Å². The van der Waals surface area contributed by atoms with Crippen LogP contribution in [-0.4, -0.2) is 195 Å². The maximum atomic E-state index is 13.4. The molecule has 2 rings (SSSR count). The monoisotopic (exact) mass is 923 g/mol. The van der Waals surface area contributed by atoms with Crippen LogP contribution in [0.25, 0.3) is 0 Å². The number of ether oxygens (including phenoxy) is 4. The second kappa shape index (κ2) is 26.0. The number of aliphatic carboxylic acids is 1. The van der Waals surface area contributed by atoms with Crippen LogP contribution in [-0.2, 0) is 62.1 Å². The minimum atomic E-state index is -1.88. The Hall–Kier alpha value is -5.17. The highest BCUT2D eigenvalue weighted by Crippen LogP contribution is 2.31. The van der Waals surface area contributed by atoms with E-state index in [4.69, 9.17) is 36.1 Å². The van der Waals surface area contributed by atoms with Crippen LogP contribution in [0.4, 0.5) is 0 Å². The summed E-state index contributed by atoms with van der Waals surface area (Å²) in [5.74, 6) is -8.19. The summed E-state index contributed by atoms with van der Waals surface area (Å²) in [6, 6.07) is -8.55. The second-order valence-electron chi connectivity index (χ2n) is 15.2. The highest BCUT2D eigenvalue weighted by atomic mass is 16.7. The summed E-state index contributed by atoms with van der Waals surface area (Å²) >= 11 is 0. The lowest BCUT2D eigenvalue weighted by molar-refractivity contribution is -0.333. The predicted octanol–water partition coefficient (Wildman–Crippen LogP) is -8.77. The number of carbonyl (C=O) groups is 9. The number of hydrogen-bond donors (Lipinski definition) is 15. The van der Waals surface area contributed by atoms with Gasteiger partial charge >= 0.3 is 5.97 Å². The third kappa shape index (κ3) is 16.8. The number of aliphatic hydroxyl groups excluding tert-OH is 5. The Bertz CT molecular complexity index is 1660. The molecule has 2 saturated heterocycles. The third-order valence-electron chi connectivity index (χ3n) is 9.92. The molecule has 0 aromatic heterocycles. The van der Waals surface area contributed by atoms with Gasteiger partial charge in [-0.25, -0.2) is 4.79 Å². The van der Waals surface area contributed by atoms with Crippen LogP contribution in [0.1, 0.15) is 59.8 Å². The number of hydrogen-bond acceptors (Lipinski definition) is 19. The summed E-state index contributed by atoms with van der Waals surface area (Å²) in [4.78, 5) is 110. The Labute approximate surface area is 365 Å². The number of primary amides is 2. The number of rotatable bonds is 25. The molecule has 2 fully saturated rings. The Kier molecular flexibility index (Phi) is 22.3. The van der Waals surface area contributed by atoms with Gasteiger partial charge in [-0.1, -0.05) is 0 Å². The molecule has 2 aliphatic rings. The summed E-state index contributed by atoms with van der Waals surface area (Å²) < 4.78 is 23.1. The standard InChI is InChI=1S/C36H61N9O19/c1-13(31(55)45-18(30(39)54)7-8-23(51)44-19(34(58)59)6-5-9-40-33(57)17(37)10-22(38)50)41-32(56)14(2)61-29-25(43-16(4)49)35(60)62-21(12-47)28(29)64-36-24(42-15(3)48)27(53)26(52)20(11-46)63-36/h13-14,17-21,24-29,35-36,46-47,52-53,60H,5-12,37H2,1-4H3,(H2,38,50)(H2,39,54)(H,40,57)(H,41,56)(H,42,48)(H,43,49)(H,44,51)(H,45,55)(H,58,59). The van der Waals surface area contributed by atoms with Crippen molar-refractivity contribution in [1.82, 2.24) is 31.9 Å². The molecule has 64 heavy (non-hydrogen) atoms. The van der Waals surface area contributed by atoms with Crippen LogP contribution in [0.15, 0.2) is 0 Å². The highest BCUT2D eigenvalue weighted by molar-refractivity contribution is 5.92. The molecule has 28 nitrogen and oxygen atoms in total. The van der Waals surface area contributed by atoms with E-state index in [1.54, 1.807) is 0 Å². The zero-order chi connectivity index (χ0) is 48.6. The van der Waals surface area contributed by atoms with Gasteiger partial charge in [0.25, 0.3) is 0 Å². The van der Waals surface area contributed by atoms with Gasteiger partial charge in [-0.3, -0.25) is 38.4 Å². The van der Waals surface area contributed by atoms with Gasteiger partial charge in [0.2, 0.25) is 47.3 Å². The zero-order valence-corrected chi connectivity index (χ0v) is 35.5. The number of carbonyl (C=O) groups excluding carboxylic acids is 8. The molecule has 0 aliphatic carbocycles. The van der Waals surface area contributed by atoms with Crippen molar-refractivity contribution in [1.29, 1.82) is 0 Å². The first-order valence-corrected chi connectivity index (χ1v) is 20.1. The third-order valence-corrected chi connectivity index (χ3v) is 9.92. The van der Waals surface area contributed by atoms with E-state index >= 15 is 0 Å². The van der Waals surface area contributed by atoms with Crippen LogP contribution < -0.4 is 49.1 Å². The average Bonchev–Trinajstić information content (AvgIpc) is 3.20. The fourth-order valence-corrected chi connectivity index (χ4v) is 6.56. The average molecular weight is 924 g/mol. The maximum Gasteiger partial charge on any atom is 0.326 e. The molecular weight excluding hydrogens is 862 g/mol. The van der Waals surface area contributed by atoms with Gasteiger partial charge in [0.05, 0.1) is 25.7 Å². The molecule has 0 aromatic carbocycles. The lowest BCUT2D eigenvalue weighted by Crippen LogP contribution is -2.70. The zero-order valence-electron chi connectivity index (χ0n) is 35.5. The molecule has 2 aliphatic heterocycles. The van der Waals surface area contributed by atoms with E-state index in [0.29, 0.717) is 0 Å². The minimum absolute atomic E-state index is 0.0439. The normalized spacial score (nSPS) is 27.8. The quantitative estimate of drug-likeness (QED) is 0.0378. The van der Waals surface area contributed by atoms with E-state index in [1.165, 1.54) is 13.8 Å². The van der Waals surface area contributed by atoms with E-state index in [2.05, 4.69) is 31.9 Å². The number of nitrogens with one attached hydrogen (secondary N) is 6. The molecule has 28 heteroatoms. The summed E-state index contributed by atoms with van der Waals surface area (Å²) in [7, 11) is 0. The molecule has 18 N–H and O–H groups in total. The topological polar surface area (TPSA) is 462 Å². The largest absolute Gasteiger partial charge is 0.480 e. The van der Waals surface area contributed by atoms with Crippen molar-refractivity contribution in [2.75, 3.05) is 19.8 Å². The SMILES string of the molecule is CC(=O)NC1C(OC2C(CO)OC(O)C(NC(C)=O)C2OC(C)C(=O)NC(C)C(=O)NC(CCC(=O)NC(CCCNC(=O)C(N)CC(N)=O)C(=O)O)C(N)=O)OC(CO)C(O)C1O. The number of amides is 8. The lowest BCUT2D eigenvalue weighted by Gasteiger charge is -2.48. The summed E-state index contributed by atoms with van der Waals surface area (Å²) in [6.45, 7) is 2.84. The van der Waals surface area contributed by atoms with Crippen LogP contribution in [0, 0.1) is 0 Å². The Morgan fingerprint density at radius 1 is 0.734 bits per heavy atom. The van der Waals surface area contributed by atoms with Crippen LogP contribution in [0.2, 0.25) is 0 Å². The van der Waals surface area contributed by atoms with Gasteiger partial charge in [-0.05, 0) is 33.1 Å². The van der Waals surface area contributed by atoms with Crippen molar-refractivity contribution in [2.45, 2.75) is 151 Å². The number of nitrogens with two attached hydrogens (primary N) is 3. The number of aliphatic hydroxyl groups is 5. The first-order chi connectivity index (χ1) is 29.9. The van der Waals surface area contributed by atoms with Crippen molar-refractivity contribution in [3.63, 3.8) is 0 Å². The van der Waals surface area contributed by atoms with Gasteiger partial charge in [-0.2, -0.15) is 0 Å². The molecule has 2 heterocycles. The first kappa shape index (κ1) is 55.0. The Balaban J connectivity index is 2.13. The van der Waals surface area contributed by atoms with Crippen LogP contribution >= 0.6 is 0 Å². The molecule has 0 aromatic rings. The van der Waals surface area contributed by atoms with Gasteiger partial charge in [-0.15, -0.1) is 0 Å². The van der Waals surface area contributed by atoms with Crippen LogP contribution in [0.5, 0.6) is 0 Å². The molecule has 15 atom stereocenters. The van der Waals surface area contributed by atoms with E-state index in [1.807, 2.05) is 0 Å². The summed E-state index contributed by atoms with van der Waals surface area (Å²) in [5.41, 5.74) is 16.0. The predicted molar refractivity (Wildman–Crippen MR) is 212 cm³/mol. The lowest BCUT2D eigenvalue weighted by atomic mass is 9.94. The van der Waals surface area contributed by atoms with Crippen molar-refractivity contribution >= 4 is 53.2 Å². The highest BCUT2D eigenvalue weighted by Gasteiger charge is 2.53. The summed E-state index contributed by atoms with van der Waals surface area (Å²) in [6.07, 6.45) is -16.2. The first-order valence-electron chi connectivity index (χ1n) is 20.1. The fourth-order valence-electron chi connectivity index (χ4n) is 6.56. The van der Waals surface area contributed by atoms with Gasteiger partial charge in [0.1, 0.15) is 72.9 Å². The second-order valence-corrected chi connectivity index (χ2v) is 15.2. The number of carboxylic acids is 1. The van der Waals surface area contributed by atoms with E-state index in [-0.39, 0.29) is 19.4 Å². The Morgan fingerprint density at radius 2 is 1.34 bits per heavy atom. The molecule has 0 saturated carbocycles. The molecule has 0 radical (unpaired) electrons. The van der Waals surface area contributed by atoms with E-state index < -0.39 is 177 Å². The summed E-state index contributed by atoms with van der Waals surface area (Å²) in [5, 5.41) is 75.7. The molecule has 0 spiro atoms. The van der Waals surface area contributed by atoms with E-state index in [9.17, 15) is 73.8 Å². The molecule has 15 unspecified atom stereocenters. The van der Waals surface area contributed by atoms with Crippen molar-refractivity contribution < 1.29 is 92.7 Å². The van der Waals surface area contributed by atoms with Gasteiger partial charge < -0.3 is 98.7 Å². The molecule has 364 valence electrons. The maximum absolute atomic E-state index is 13.4. The van der Waals surface area contributed by atoms with E-state index in [0.717, 1.165) is 13.8 Å². The molecular formula is C36H61N9O19. The molecule has 8 amide bonds. The van der Waals surface area contributed by atoms with Crippen molar-refractivity contribution in [3.05, 3.63) is 0 Å². The van der Waals surface area contributed by atoms with Crippen molar-refractivity contribution in [3.8, 4) is 0 Å². The fraction of sp³-hybridized carbons (Fsp3) is 0.750. The number of carboxylic acid groups (broad SMARTS) is 1. The smallest absolute Gasteiger partial charge is 0.326 e.